The highest BCUT2D eigenvalue weighted by atomic mass is 35.5. The van der Waals surface area contributed by atoms with Gasteiger partial charge in [0.15, 0.2) is 0 Å². The molecule has 0 unspecified atom stereocenters. The van der Waals surface area contributed by atoms with Crippen LogP contribution in [0.25, 0.3) is 0 Å². The van der Waals surface area contributed by atoms with Crippen molar-refractivity contribution >= 4 is 17.5 Å². The molecule has 0 atom stereocenters. The summed E-state index contributed by atoms with van der Waals surface area (Å²) in [5.74, 6) is 0.583. The number of likely N-dealkylation sites (tertiary alicyclic amines) is 2. The van der Waals surface area contributed by atoms with E-state index in [-0.39, 0.29) is 18.1 Å². The molecule has 3 aromatic rings. The number of nitrogens with zero attached hydrogens (tertiary/aromatic N) is 3. The maximum Gasteiger partial charge on any atom is 0.251 e. The number of pyridine rings is 1. The minimum absolute atomic E-state index is 0.0700. The van der Waals surface area contributed by atoms with Gasteiger partial charge in [0, 0.05) is 63.3 Å². The molecule has 1 aromatic heterocycles. The van der Waals surface area contributed by atoms with Gasteiger partial charge in [-0.1, -0.05) is 41.9 Å². The van der Waals surface area contributed by atoms with Crippen LogP contribution in [0.5, 0.6) is 5.75 Å². The zero-order valence-electron chi connectivity index (χ0n) is 21.2. The van der Waals surface area contributed by atoms with Crippen LogP contribution >= 0.6 is 11.6 Å². The predicted octanol–water partition coefficient (Wildman–Crippen LogP) is 5.17. The van der Waals surface area contributed by atoms with E-state index in [1.807, 2.05) is 30.6 Å². The summed E-state index contributed by atoms with van der Waals surface area (Å²) in [5, 5.41) is 3.69. The lowest BCUT2D eigenvalue weighted by atomic mass is 10.0. The summed E-state index contributed by atoms with van der Waals surface area (Å²) < 4.78 is 6.22. The quantitative estimate of drug-likeness (QED) is 0.445. The summed E-state index contributed by atoms with van der Waals surface area (Å²) in [6.07, 6.45) is 7.62. The molecule has 0 spiro atoms. The van der Waals surface area contributed by atoms with E-state index < -0.39 is 0 Å². The smallest absolute Gasteiger partial charge is 0.251 e. The van der Waals surface area contributed by atoms with Gasteiger partial charge in [0.1, 0.15) is 11.9 Å². The number of aromatic nitrogens is 1. The Morgan fingerprint density at radius 2 is 1.49 bits per heavy atom. The van der Waals surface area contributed by atoms with E-state index in [2.05, 4.69) is 56.5 Å². The lowest BCUT2D eigenvalue weighted by Gasteiger charge is -2.32. The molecule has 2 fully saturated rings. The second-order valence-corrected chi connectivity index (χ2v) is 10.5. The normalized spacial score (nSPS) is 18.0. The molecular weight excluding hydrogens is 484 g/mol. The van der Waals surface area contributed by atoms with Crippen LogP contribution < -0.4 is 10.1 Å². The number of amides is 1. The first-order chi connectivity index (χ1) is 18.1. The van der Waals surface area contributed by atoms with Gasteiger partial charge in [-0.2, -0.15) is 0 Å². The van der Waals surface area contributed by atoms with Crippen LogP contribution in [-0.4, -0.2) is 59.0 Å². The van der Waals surface area contributed by atoms with Crippen molar-refractivity contribution < 1.29 is 9.53 Å². The number of hydrogen-bond acceptors (Lipinski definition) is 5. The number of ether oxygens (including phenoxy) is 1. The van der Waals surface area contributed by atoms with E-state index >= 15 is 0 Å². The van der Waals surface area contributed by atoms with Crippen molar-refractivity contribution in [1.29, 1.82) is 0 Å². The fourth-order valence-electron chi connectivity index (χ4n) is 5.19. The molecule has 2 aliphatic rings. The molecule has 194 valence electrons. The second kappa shape index (κ2) is 12.5. The average Bonchev–Trinajstić information content (AvgIpc) is 2.93. The summed E-state index contributed by atoms with van der Waals surface area (Å²) in [4.78, 5) is 21.9. The lowest BCUT2D eigenvalue weighted by molar-refractivity contribution is 0.0908. The number of carbonyl (C=O) groups excluding carboxylic acids is 1. The van der Waals surface area contributed by atoms with Crippen molar-refractivity contribution in [3.63, 3.8) is 0 Å². The zero-order valence-corrected chi connectivity index (χ0v) is 21.9. The maximum atomic E-state index is 12.9. The van der Waals surface area contributed by atoms with Crippen molar-refractivity contribution in [3.05, 3.63) is 94.8 Å². The molecule has 1 amide bonds. The number of piperidine rings is 2. The SMILES string of the molecule is O=C(NC1CCN(Cc2ccccc2)CC1)c1ccc(OC2CCN(Cc3ccncc3)CC2)c(Cl)c1. The molecule has 2 aromatic carbocycles. The molecule has 5 rings (SSSR count). The molecule has 0 aliphatic carbocycles. The largest absolute Gasteiger partial charge is 0.489 e. The molecule has 1 N–H and O–H groups in total. The summed E-state index contributed by atoms with van der Waals surface area (Å²) in [6.45, 7) is 5.82. The minimum atomic E-state index is -0.0700. The maximum absolute atomic E-state index is 12.9. The molecule has 7 heteroatoms. The van der Waals surface area contributed by atoms with Gasteiger partial charge < -0.3 is 10.1 Å². The Balaban J connectivity index is 1.06. The third kappa shape index (κ3) is 7.31. The van der Waals surface area contributed by atoms with Gasteiger partial charge in [-0.15, -0.1) is 0 Å². The monoisotopic (exact) mass is 518 g/mol. The minimum Gasteiger partial charge on any atom is -0.489 e. The highest BCUT2D eigenvalue weighted by molar-refractivity contribution is 6.32. The van der Waals surface area contributed by atoms with Crippen LogP contribution in [0.15, 0.2) is 73.1 Å². The van der Waals surface area contributed by atoms with Crippen LogP contribution in [0.3, 0.4) is 0 Å². The van der Waals surface area contributed by atoms with Gasteiger partial charge in [-0.3, -0.25) is 19.6 Å². The van der Waals surface area contributed by atoms with Gasteiger partial charge in [0.05, 0.1) is 5.02 Å². The zero-order chi connectivity index (χ0) is 25.5. The molecule has 0 radical (unpaired) electrons. The first kappa shape index (κ1) is 25.7. The third-order valence-corrected chi connectivity index (χ3v) is 7.65. The summed E-state index contributed by atoms with van der Waals surface area (Å²) in [7, 11) is 0. The van der Waals surface area contributed by atoms with E-state index in [1.165, 1.54) is 11.1 Å². The molecule has 3 heterocycles. The van der Waals surface area contributed by atoms with Crippen molar-refractivity contribution in [2.45, 2.75) is 50.9 Å². The standard InChI is InChI=1S/C30H35ClN4O2/c31-28-20-25(30(36)33-26-10-16-34(17-11-26)21-23-4-2-1-3-5-23)6-7-29(28)37-27-12-18-35(19-13-27)22-24-8-14-32-15-9-24/h1-9,14-15,20,26-27H,10-13,16-19,21-22H2,(H,33,36). The lowest BCUT2D eigenvalue weighted by Crippen LogP contribution is -2.44. The number of nitrogens with one attached hydrogen (secondary N) is 1. The first-order valence-corrected chi connectivity index (χ1v) is 13.6. The Bertz CT molecular complexity index is 1140. The van der Waals surface area contributed by atoms with Gasteiger partial charge in [-0.25, -0.2) is 0 Å². The Morgan fingerprint density at radius 3 is 2.14 bits per heavy atom. The number of benzene rings is 2. The topological polar surface area (TPSA) is 57.7 Å². The van der Waals surface area contributed by atoms with E-state index in [4.69, 9.17) is 16.3 Å². The molecule has 6 nitrogen and oxygen atoms in total. The van der Waals surface area contributed by atoms with Gasteiger partial charge >= 0.3 is 0 Å². The number of halogens is 1. The Labute approximate surface area is 224 Å². The molecule has 0 bridgehead atoms. The third-order valence-electron chi connectivity index (χ3n) is 7.35. The van der Waals surface area contributed by atoms with E-state index in [1.54, 1.807) is 6.07 Å². The van der Waals surface area contributed by atoms with E-state index in [0.29, 0.717) is 16.3 Å². The number of carbonyl (C=O) groups is 1. The second-order valence-electron chi connectivity index (χ2n) is 10.1. The van der Waals surface area contributed by atoms with Gasteiger partial charge in [0.2, 0.25) is 0 Å². The fraction of sp³-hybridized carbons (Fsp3) is 0.400. The Kier molecular flexibility index (Phi) is 8.72. The summed E-state index contributed by atoms with van der Waals surface area (Å²) in [6, 6.07) is 20.2. The summed E-state index contributed by atoms with van der Waals surface area (Å²) >= 11 is 6.54. The van der Waals surface area contributed by atoms with Gasteiger partial charge in [0.25, 0.3) is 5.91 Å². The van der Waals surface area contributed by atoms with Crippen LogP contribution in [0.2, 0.25) is 5.02 Å². The highest BCUT2D eigenvalue weighted by Gasteiger charge is 2.23. The van der Waals surface area contributed by atoms with Crippen molar-refractivity contribution in [2.75, 3.05) is 26.2 Å². The molecular formula is C30H35ClN4O2. The molecule has 0 saturated carbocycles. The van der Waals surface area contributed by atoms with Gasteiger partial charge in [-0.05, 0) is 67.1 Å². The Hall–Kier alpha value is -2.93. The Morgan fingerprint density at radius 1 is 0.865 bits per heavy atom. The number of rotatable bonds is 8. The van der Waals surface area contributed by atoms with Crippen molar-refractivity contribution in [2.24, 2.45) is 0 Å². The van der Waals surface area contributed by atoms with Crippen LogP contribution in [0, 0.1) is 0 Å². The van der Waals surface area contributed by atoms with E-state index in [0.717, 1.165) is 65.0 Å². The fourth-order valence-corrected chi connectivity index (χ4v) is 5.42. The number of hydrogen-bond donors (Lipinski definition) is 1. The average molecular weight is 519 g/mol. The van der Waals surface area contributed by atoms with Crippen LogP contribution in [0.1, 0.15) is 47.2 Å². The van der Waals surface area contributed by atoms with Crippen molar-refractivity contribution in [1.82, 2.24) is 20.1 Å². The summed E-state index contributed by atoms with van der Waals surface area (Å²) in [5.41, 5.74) is 3.19. The predicted molar refractivity (Wildman–Crippen MR) is 147 cm³/mol. The highest BCUT2D eigenvalue weighted by Crippen LogP contribution is 2.29. The van der Waals surface area contributed by atoms with E-state index in [9.17, 15) is 4.79 Å². The first-order valence-electron chi connectivity index (χ1n) is 13.3. The van der Waals surface area contributed by atoms with Crippen LogP contribution in [-0.2, 0) is 13.1 Å². The molecule has 37 heavy (non-hydrogen) atoms. The van der Waals surface area contributed by atoms with Crippen LogP contribution in [0.4, 0.5) is 0 Å². The molecule has 2 saturated heterocycles. The van der Waals surface area contributed by atoms with Crippen molar-refractivity contribution in [3.8, 4) is 5.75 Å². The molecule has 2 aliphatic heterocycles.